The number of aromatic amines is 1. The number of halogens is 4. The number of carbonyl (C=O) groups is 3. The van der Waals surface area contributed by atoms with Crippen molar-refractivity contribution in [1.82, 2.24) is 34.7 Å². The van der Waals surface area contributed by atoms with Gasteiger partial charge in [0.2, 0.25) is 5.91 Å². The van der Waals surface area contributed by atoms with Crippen molar-refractivity contribution < 1.29 is 27.6 Å². The van der Waals surface area contributed by atoms with E-state index >= 15 is 0 Å². The first kappa shape index (κ1) is 29.8. The molecule has 1 aromatic carbocycles. The van der Waals surface area contributed by atoms with Gasteiger partial charge < -0.3 is 25.0 Å². The van der Waals surface area contributed by atoms with E-state index in [2.05, 4.69) is 32.1 Å². The number of hydrazone groups is 1. The van der Waals surface area contributed by atoms with E-state index in [1.807, 2.05) is 11.8 Å². The molecular formula is C27H27ClF3N9O3. The second-order valence-corrected chi connectivity index (χ2v) is 10.2. The van der Waals surface area contributed by atoms with E-state index in [0.29, 0.717) is 55.0 Å². The monoisotopic (exact) mass is 617 g/mol. The molecule has 0 saturated carbocycles. The molecule has 0 spiro atoms. The van der Waals surface area contributed by atoms with Crippen LogP contribution in [0.3, 0.4) is 0 Å². The van der Waals surface area contributed by atoms with Gasteiger partial charge in [-0.05, 0) is 30.7 Å². The normalized spacial score (nSPS) is 16.3. The fourth-order valence-corrected chi connectivity index (χ4v) is 5.36. The van der Waals surface area contributed by atoms with Crippen LogP contribution in [0.5, 0.6) is 0 Å². The van der Waals surface area contributed by atoms with E-state index in [4.69, 9.17) is 11.6 Å². The molecule has 2 N–H and O–H groups in total. The predicted molar refractivity (Wildman–Crippen MR) is 152 cm³/mol. The van der Waals surface area contributed by atoms with E-state index in [-0.39, 0.29) is 35.5 Å². The Bertz CT molecular complexity index is 1620. The summed E-state index contributed by atoms with van der Waals surface area (Å²) in [4.78, 5) is 56.2. The van der Waals surface area contributed by atoms with Gasteiger partial charge in [0.25, 0.3) is 11.8 Å². The van der Waals surface area contributed by atoms with Crippen LogP contribution >= 0.6 is 11.6 Å². The van der Waals surface area contributed by atoms with Crippen molar-refractivity contribution in [3.05, 3.63) is 64.5 Å². The Balaban J connectivity index is 1.32. The molecule has 0 unspecified atom stereocenters. The second kappa shape index (κ2) is 11.9. The number of rotatable bonds is 7. The van der Waals surface area contributed by atoms with Gasteiger partial charge in [0.05, 0.1) is 34.7 Å². The average molecular weight is 618 g/mol. The van der Waals surface area contributed by atoms with Crippen molar-refractivity contribution in [3.63, 3.8) is 0 Å². The average Bonchev–Trinajstić information content (AvgIpc) is 3.47. The molecule has 2 aromatic heterocycles. The van der Waals surface area contributed by atoms with E-state index in [0.717, 1.165) is 23.2 Å². The number of fused-ring (bicyclic) bond motifs is 1. The Kier molecular flexibility index (Phi) is 8.26. The first-order valence-electron chi connectivity index (χ1n) is 13.3. The number of benzene rings is 1. The zero-order valence-corrected chi connectivity index (χ0v) is 23.7. The molecule has 0 atom stereocenters. The highest BCUT2D eigenvalue weighted by atomic mass is 35.5. The summed E-state index contributed by atoms with van der Waals surface area (Å²) in [6.45, 7) is 6.32. The number of imidazole rings is 1. The third-order valence-electron chi connectivity index (χ3n) is 7.23. The van der Waals surface area contributed by atoms with Gasteiger partial charge >= 0.3 is 6.18 Å². The van der Waals surface area contributed by atoms with Gasteiger partial charge in [-0.1, -0.05) is 18.5 Å². The Morgan fingerprint density at radius 1 is 1.16 bits per heavy atom. The van der Waals surface area contributed by atoms with E-state index < -0.39 is 23.6 Å². The molecule has 3 aromatic rings. The topological polar surface area (TPSA) is 130 Å². The van der Waals surface area contributed by atoms with Gasteiger partial charge in [-0.15, -0.1) is 0 Å². The lowest BCUT2D eigenvalue weighted by molar-refractivity contribution is -0.137. The maximum absolute atomic E-state index is 13.4. The highest BCUT2D eigenvalue weighted by molar-refractivity contribution is 6.33. The summed E-state index contributed by atoms with van der Waals surface area (Å²) >= 11 is 6.01. The molecule has 0 aliphatic carbocycles. The Labute approximate surface area is 248 Å². The first-order chi connectivity index (χ1) is 20.5. The SMILES string of the molecule is C=NN1CN(CC(=O)Nc2ccc(C(F)(F)F)cc2Cl)C(CC)=C(N2CCN(C(=O)c3nccc4[nH]cnc34)CC2)C1=O. The molecule has 0 radical (unpaired) electrons. The van der Waals surface area contributed by atoms with E-state index in [9.17, 15) is 27.6 Å². The van der Waals surface area contributed by atoms with Gasteiger partial charge in [-0.3, -0.25) is 14.4 Å². The van der Waals surface area contributed by atoms with E-state index in [1.165, 1.54) is 12.5 Å². The fraction of sp³-hybridized carbons (Fsp3) is 0.333. The van der Waals surface area contributed by atoms with Crippen molar-refractivity contribution in [3.8, 4) is 0 Å². The zero-order chi connectivity index (χ0) is 30.9. The number of carbonyl (C=O) groups excluding carboxylic acids is 3. The minimum Gasteiger partial charge on any atom is -0.362 e. The second-order valence-electron chi connectivity index (χ2n) is 9.81. The number of hydrogen-bond donors (Lipinski definition) is 2. The maximum atomic E-state index is 13.4. The molecular weight excluding hydrogens is 591 g/mol. The standard InChI is InChI=1S/C27H27ClF3N9O3/c1-3-20-24(37-8-10-38(11-9-37)25(42)23-22-19(6-7-33-23)34-14-35-22)26(43)40(32-2)15-39(20)13-21(41)36-18-5-4-16(12-17(18)28)27(29,30)31/h4-7,12,14H,2-3,8-11,13,15H2,1H3,(H,34,35)(H,36,41). The van der Waals surface area contributed by atoms with Crippen LogP contribution in [0.25, 0.3) is 11.0 Å². The number of piperazine rings is 1. The number of anilines is 1. The van der Waals surface area contributed by atoms with Crippen molar-refractivity contribution in [2.24, 2.45) is 5.10 Å². The highest BCUT2D eigenvalue weighted by Gasteiger charge is 2.37. The summed E-state index contributed by atoms with van der Waals surface area (Å²) in [7, 11) is 0. The van der Waals surface area contributed by atoms with Gasteiger partial charge in [0.15, 0.2) is 5.69 Å². The Morgan fingerprint density at radius 2 is 1.91 bits per heavy atom. The minimum atomic E-state index is -4.58. The van der Waals surface area contributed by atoms with Crippen LogP contribution in [0.2, 0.25) is 5.02 Å². The van der Waals surface area contributed by atoms with Crippen molar-refractivity contribution in [1.29, 1.82) is 0 Å². The molecule has 16 heteroatoms. The smallest absolute Gasteiger partial charge is 0.362 e. The Hall–Kier alpha value is -4.66. The molecule has 5 rings (SSSR count). The molecule has 43 heavy (non-hydrogen) atoms. The lowest BCUT2D eigenvalue weighted by atomic mass is 10.1. The van der Waals surface area contributed by atoms with Gasteiger partial charge in [-0.25, -0.2) is 15.0 Å². The largest absolute Gasteiger partial charge is 0.416 e. The van der Waals surface area contributed by atoms with Gasteiger partial charge in [-0.2, -0.15) is 18.3 Å². The quantitative estimate of drug-likeness (QED) is 0.389. The molecule has 226 valence electrons. The van der Waals surface area contributed by atoms with Gasteiger partial charge in [0.1, 0.15) is 17.9 Å². The molecule has 1 fully saturated rings. The summed E-state index contributed by atoms with van der Waals surface area (Å²) in [5, 5.41) is 7.24. The number of aromatic nitrogens is 3. The number of nitrogens with zero attached hydrogens (tertiary/aromatic N) is 7. The molecule has 2 aliphatic heterocycles. The zero-order valence-electron chi connectivity index (χ0n) is 23.0. The third-order valence-corrected chi connectivity index (χ3v) is 7.54. The van der Waals surface area contributed by atoms with E-state index in [1.54, 1.807) is 15.9 Å². The van der Waals surface area contributed by atoms with Crippen molar-refractivity contribution >= 4 is 52.8 Å². The summed E-state index contributed by atoms with van der Waals surface area (Å²) in [5.41, 5.74) is 1.42. The number of amides is 3. The maximum Gasteiger partial charge on any atom is 0.416 e. The molecule has 3 amide bonds. The van der Waals surface area contributed by atoms with Crippen LogP contribution in [0.1, 0.15) is 29.4 Å². The number of nitrogens with one attached hydrogen (secondary N) is 2. The highest BCUT2D eigenvalue weighted by Crippen LogP contribution is 2.34. The number of hydrogen-bond acceptors (Lipinski definition) is 8. The Morgan fingerprint density at radius 3 is 2.56 bits per heavy atom. The fourth-order valence-electron chi connectivity index (χ4n) is 5.13. The number of pyridine rings is 1. The summed E-state index contributed by atoms with van der Waals surface area (Å²) in [6.07, 6.45) is -1.15. The number of alkyl halides is 3. The van der Waals surface area contributed by atoms with Crippen LogP contribution in [0.4, 0.5) is 18.9 Å². The van der Waals surface area contributed by atoms with Crippen LogP contribution < -0.4 is 5.32 Å². The molecule has 2 aliphatic rings. The first-order valence-corrected chi connectivity index (χ1v) is 13.6. The predicted octanol–water partition coefficient (Wildman–Crippen LogP) is 3.37. The van der Waals surface area contributed by atoms with Crippen molar-refractivity contribution in [2.75, 3.05) is 44.7 Å². The van der Waals surface area contributed by atoms with Crippen LogP contribution in [-0.2, 0) is 15.8 Å². The summed E-state index contributed by atoms with van der Waals surface area (Å²) in [6, 6.07) is 4.39. The molecule has 1 saturated heterocycles. The lowest BCUT2D eigenvalue weighted by Crippen LogP contribution is -2.54. The van der Waals surface area contributed by atoms with Crippen LogP contribution in [-0.4, -0.2) is 98.5 Å². The third kappa shape index (κ3) is 5.98. The van der Waals surface area contributed by atoms with Crippen molar-refractivity contribution in [2.45, 2.75) is 19.5 Å². The lowest BCUT2D eigenvalue weighted by Gasteiger charge is -2.43. The van der Waals surface area contributed by atoms with Gasteiger partial charge in [0, 0.05) is 44.8 Å². The van der Waals surface area contributed by atoms with Crippen LogP contribution in [0.15, 0.2) is 53.3 Å². The summed E-state index contributed by atoms with van der Waals surface area (Å²) in [5.74, 6) is -1.22. The number of H-pyrrole nitrogens is 1. The van der Waals surface area contributed by atoms with Crippen LogP contribution in [0, 0.1) is 0 Å². The number of allylic oxidation sites excluding steroid dienone is 1. The molecule has 4 heterocycles. The summed E-state index contributed by atoms with van der Waals surface area (Å²) < 4.78 is 39.0. The molecule has 0 bridgehead atoms. The minimum absolute atomic E-state index is 0.0227. The molecule has 12 nitrogen and oxygen atoms in total.